The second-order valence-corrected chi connectivity index (χ2v) is 7.52. The Labute approximate surface area is 121 Å². The van der Waals surface area contributed by atoms with Gasteiger partial charge in [0, 0.05) is 30.7 Å². The van der Waals surface area contributed by atoms with E-state index in [1.54, 1.807) is 11.6 Å². The Balaban J connectivity index is 1.73. The molecule has 110 valence electrons. The SMILES string of the molecule is CN(CCNS(=O)(=O)c1c(N)nc2sccn12)C1CC1. The molecule has 0 bridgehead atoms. The van der Waals surface area contributed by atoms with Crippen LogP contribution in [-0.4, -0.2) is 48.9 Å². The fraction of sp³-hybridized carbons (Fsp3) is 0.545. The molecule has 1 saturated carbocycles. The van der Waals surface area contributed by atoms with Gasteiger partial charge in [-0.2, -0.15) is 0 Å². The predicted molar refractivity (Wildman–Crippen MR) is 78.3 cm³/mol. The number of thiazole rings is 1. The number of nitrogens with one attached hydrogen (secondary N) is 1. The number of imidazole rings is 1. The molecular weight excluding hydrogens is 298 g/mol. The first-order valence-electron chi connectivity index (χ1n) is 6.40. The standard InChI is InChI=1S/C11H17N5O2S2/c1-15(8-2-3-8)5-4-13-20(17,18)10-9(12)14-11-16(10)6-7-19-11/h6-8,13H,2-5,12H2,1H3. The number of sulfonamides is 1. The summed E-state index contributed by atoms with van der Waals surface area (Å²) in [6.45, 7) is 1.06. The maximum absolute atomic E-state index is 12.3. The molecule has 9 heteroatoms. The Morgan fingerprint density at radius 3 is 3.05 bits per heavy atom. The monoisotopic (exact) mass is 315 g/mol. The van der Waals surface area contributed by atoms with E-state index in [2.05, 4.69) is 14.6 Å². The third-order valence-electron chi connectivity index (χ3n) is 3.42. The van der Waals surface area contributed by atoms with Crippen LogP contribution in [-0.2, 0) is 10.0 Å². The van der Waals surface area contributed by atoms with E-state index in [1.165, 1.54) is 28.6 Å². The summed E-state index contributed by atoms with van der Waals surface area (Å²) < 4.78 is 28.8. The molecular formula is C11H17N5O2S2. The van der Waals surface area contributed by atoms with Crippen molar-refractivity contribution in [3.05, 3.63) is 11.6 Å². The van der Waals surface area contributed by atoms with Crippen LogP contribution in [0.25, 0.3) is 4.96 Å². The van der Waals surface area contributed by atoms with Crippen LogP contribution in [0.3, 0.4) is 0 Å². The first-order valence-corrected chi connectivity index (χ1v) is 8.76. The van der Waals surface area contributed by atoms with Gasteiger partial charge in [0.1, 0.15) is 0 Å². The van der Waals surface area contributed by atoms with Crippen LogP contribution in [0.2, 0.25) is 0 Å². The van der Waals surface area contributed by atoms with E-state index in [4.69, 9.17) is 5.73 Å². The Morgan fingerprint density at radius 2 is 2.35 bits per heavy atom. The van der Waals surface area contributed by atoms with Crippen LogP contribution in [0.1, 0.15) is 12.8 Å². The second kappa shape index (κ2) is 4.99. The molecule has 0 aromatic carbocycles. The van der Waals surface area contributed by atoms with E-state index < -0.39 is 10.0 Å². The zero-order valence-corrected chi connectivity index (χ0v) is 12.7. The quantitative estimate of drug-likeness (QED) is 0.802. The topological polar surface area (TPSA) is 92.7 Å². The summed E-state index contributed by atoms with van der Waals surface area (Å²) in [6.07, 6.45) is 4.07. The van der Waals surface area contributed by atoms with Crippen molar-refractivity contribution in [1.29, 1.82) is 0 Å². The van der Waals surface area contributed by atoms with Gasteiger partial charge in [0.25, 0.3) is 10.0 Å². The molecule has 3 rings (SSSR count). The van der Waals surface area contributed by atoms with Gasteiger partial charge in [-0.1, -0.05) is 0 Å². The molecule has 0 amide bonds. The molecule has 0 atom stereocenters. The van der Waals surface area contributed by atoms with Crippen molar-refractivity contribution < 1.29 is 8.42 Å². The number of rotatable bonds is 6. The third-order valence-corrected chi connectivity index (χ3v) is 5.68. The van der Waals surface area contributed by atoms with Crippen LogP contribution >= 0.6 is 11.3 Å². The molecule has 0 radical (unpaired) electrons. The number of aromatic nitrogens is 2. The largest absolute Gasteiger partial charge is 0.381 e. The van der Waals surface area contributed by atoms with Crippen LogP contribution in [0, 0.1) is 0 Å². The molecule has 0 spiro atoms. The van der Waals surface area contributed by atoms with Crippen molar-refractivity contribution in [2.24, 2.45) is 0 Å². The Hall–Kier alpha value is -1.16. The lowest BCUT2D eigenvalue weighted by Gasteiger charge is -2.15. The highest BCUT2D eigenvalue weighted by Crippen LogP contribution is 2.25. The number of nitrogens with zero attached hydrogens (tertiary/aromatic N) is 3. The molecule has 2 heterocycles. The molecule has 0 aliphatic heterocycles. The average Bonchev–Trinajstić information content (AvgIpc) is 3.04. The normalized spacial score (nSPS) is 16.3. The summed E-state index contributed by atoms with van der Waals surface area (Å²) in [5.41, 5.74) is 5.72. The molecule has 0 saturated heterocycles. The summed E-state index contributed by atoms with van der Waals surface area (Å²) in [6, 6.07) is 0.614. The van der Waals surface area contributed by atoms with Gasteiger partial charge in [-0.25, -0.2) is 18.1 Å². The Kier molecular flexibility index (Phi) is 3.44. The van der Waals surface area contributed by atoms with Crippen LogP contribution in [0.4, 0.5) is 5.82 Å². The number of likely N-dealkylation sites (N-methyl/N-ethyl adjacent to an activating group) is 1. The van der Waals surface area contributed by atoms with Gasteiger partial charge >= 0.3 is 0 Å². The average molecular weight is 315 g/mol. The summed E-state index contributed by atoms with van der Waals surface area (Å²) in [5, 5.41) is 1.81. The number of hydrogen-bond donors (Lipinski definition) is 2. The lowest BCUT2D eigenvalue weighted by molar-refractivity contribution is 0.329. The van der Waals surface area contributed by atoms with Gasteiger partial charge in [-0.05, 0) is 19.9 Å². The summed E-state index contributed by atoms with van der Waals surface area (Å²) >= 11 is 1.35. The van der Waals surface area contributed by atoms with Crippen LogP contribution in [0.15, 0.2) is 16.6 Å². The van der Waals surface area contributed by atoms with Gasteiger partial charge in [-0.15, -0.1) is 11.3 Å². The third kappa shape index (κ3) is 2.53. The summed E-state index contributed by atoms with van der Waals surface area (Å²) in [5.74, 6) is 0.0416. The van der Waals surface area contributed by atoms with Crippen LogP contribution < -0.4 is 10.5 Å². The van der Waals surface area contributed by atoms with E-state index in [0.717, 1.165) is 0 Å². The molecule has 2 aromatic heterocycles. The molecule has 1 fully saturated rings. The summed E-state index contributed by atoms with van der Waals surface area (Å²) in [4.78, 5) is 6.80. The van der Waals surface area contributed by atoms with Crippen molar-refractivity contribution in [3.63, 3.8) is 0 Å². The maximum atomic E-state index is 12.3. The smallest absolute Gasteiger partial charge is 0.260 e. The fourth-order valence-electron chi connectivity index (χ4n) is 2.17. The second-order valence-electron chi connectivity index (χ2n) is 4.97. The van der Waals surface area contributed by atoms with Gasteiger partial charge < -0.3 is 10.6 Å². The number of hydrogen-bond acceptors (Lipinski definition) is 6. The van der Waals surface area contributed by atoms with Crippen molar-refractivity contribution in [2.45, 2.75) is 23.9 Å². The number of anilines is 1. The molecule has 20 heavy (non-hydrogen) atoms. The van der Waals surface area contributed by atoms with Gasteiger partial charge in [0.15, 0.2) is 15.8 Å². The van der Waals surface area contributed by atoms with Gasteiger partial charge in [0.05, 0.1) is 0 Å². The van der Waals surface area contributed by atoms with Crippen molar-refractivity contribution in [3.8, 4) is 0 Å². The molecule has 2 aromatic rings. The van der Waals surface area contributed by atoms with E-state index in [0.29, 0.717) is 24.1 Å². The molecule has 3 N–H and O–H groups in total. The van der Waals surface area contributed by atoms with Gasteiger partial charge in [0.2, 0.25) is 0 Å². The number of nitrogen functional groups attached to an aromatic ring is 1. The van der Waals surface area contributed by atoms with Gasteiger partial charge in [-0.3, -0.25) is 4.40 Å². The maximum Gasteiger partial charge on any atom is 0.260 e. The highest BCUT2D eigenvalue weighted by molar-refractivity contribution is 7.89. The minimum absolute atomic E-state index is 0.0304. The first-order chi connectivity index (χ1) is 9.49. The van der Waals surface area contributed by atoms with E-state index in [-0.39, 0.29) is 10.8 Å². The lowest BCUT2D eigenvalue weighted by Crippen LogP contribution is -2.34. The molecule has 7 nitrogen and oxygen atoms in total. The Morgan fingerprint density at radius 1 is 1.60 bits per heavy atom. The van der Waals surface area contributed by atoms with E-state index in [1.807, 2.05) is 7.05 Å². The number of fused-ring (bicyclic) bond motifs is 1. The van der Waals surface area contributed by atoms with E-state index >= 15 is 0 Å². The highest BCUT2D eigenvalue weighted by Gasteiger charge is 2.27. The minimum atomic E-state index is -3.64. The highest BCUT2D eigenvalue weighted by atomic mass is 32.2. The number of nitrogens with two attached hydrogens (primary N) is 1. The molecule has 0 unspecified atom stereocenters. The molecule has 1 aliphatic carbocycles. The lowest BCUT2D eigenvalue weighted by atomic mass is 10.5. The van der Waals surface area contributed by atoms with Crippen molar-refractivity contribution in [2.75, 3.05) is 25.9 Å². The summed E-state index contributed by atoms with van der Waals surface area (Å²) in [7, 11) is -1.63. The van der Waals surface area contributed by atoms with Crippen molar-refractivity contribution >= 4 is 32.1 Å². The van der Waals surface area contributed by atoms with E-state index in [9.17, 15) is 8.42 Å². The zero-order valence-electron chi connectivity index (χ0n) is 11.1. The predicted octanol–water partition coefficient (Wildman–Crippen LogP) is 0.350. The van der Waals surface area contributed by atoms with Crippen molar-refractivity contribution in [1.82, 2.24) is 19.0 Å². The fourth-order valence-corrected chi connectivity index (χ4v) is 4.17. The minimum Gasteiger partial charge on any atom is -0.381 e. The molecule has 1 aliphatic rings. The Bertz CT molecular complexity index is 716. The first kappa shape index (κ1) is 13.8. The van der Waals surface area contributed by atoms with Crippen LogP contribution in [0.5, 0.6) is 0 Å². The zero-order chi connectivity index (χ0) is 14.3.